The van der Waals surface area contributed by atoms with Gasteiger partial charge in [-0.15, -0.1) is 0 Å². The van der Waals surface area contributed by atoms with Gasteiger partial charge in [-0.3, -0.25) is 0 Å². The summed E-state index contributed by atoms with van der Waals surface area (Å²) in [6.45, 7) is 6.83. The van der Waals surface area contributed by atoms with Gasteiger partial charge in [-0.25, -0.2) is 0 Å². The van der Waals surface area contributed by atoms with E-state index in [0.29, 0.717) is 17.9 Å². The summed E-state index contributed by atoms with van der Waals surface area (Å²) in [5.41, 5.74) is 7.87. The number of hydrogen-bond acceptors (Lipinski definition) is 1. The van der Waals surface area contributed by atoms with Crippen LogP contribution in [0.5, 0.6) is 0 Å². The number of hydrogen-bond donors (Lipinski definition) is 1. The maximum Gasteiger partial charge on any atom is 0.0282 e. The molecule has 1 aliphatic rings. The second kappa shape index (κ2) is 6.32. The largest absolute Gasteiger partial charge is 0.324 e. The molecule has 0 heterocycles. The first-order valence-electron chi connectivity index (χ1n) is 6.57. The van der Waals surface area contributed by atoms with Gasteiger partial charge in [-0.05, 0) is 37.5 Å². The predicted octanol–water partition coefficient (Wildman–Crippen LogP) is 3.89. The molecule has 15 heavy (non-hydrogen) atoms. The summed E-state index contributed by atoms with van der Waals surface area (Å²) in [6.07, 6.45) is 10.4. The molecule has 0 aliphatic heterocycles. The Kier molecular flexibility index (Phi) is 5.38. The minimum absolute atomic E-state index is 0.295. The summed E-state index contributed by atoms with van der Waals surface area (Å²) >= 11 is 0. The fourth-order valence-corrected chi connectivity index (χ4v) is 2.27. The highest BCUT2D eigenvalue weighted by Gasteiger charge is 2.19. The van der Waals surface area contributed by atoms with E-state index in [1.807, 2.05) is 0 Å². The van der Waals surface area contributed by atoms with E-state index < -0.39 is 0 Å². The van der Waals surface area contributed by atoms with Gasteiger partial charge in [-0.2, -0.15) is 0 Å². The minimum atomic E-state index is 0.295. The summed E-state index contributed by atoms with van der Waals surface area (Å²) in [6, 6.07) is 0.295. The highest BCUT2D eigenvalue weighted by Crippen LogP contribution is 2.25. The van der Waals surface area contributed by atoms with E-state index in [-0.39, 0.29) is 0 Å². The van der Waals surface area contributed by atoms with Gasteiger partial charge in [0.1, 0.15) is 0 Å². The van der Waals surface area contributed by atoms with E-state index in [0.717, 1.165) is 0 Å². The van der Waals surface area contributed by atoms with Gasteiger partial charge in [0.15, 0.2) is 0 Å². The van der Waals surface area contributed by atoms with Crippen molar-refractivity contribution in [2.24, 2.45) is 17.6 Å². The van der Waals surface area contributed by atoms with E-state index >= 15 is 0 Å². The first-order chi connectivity index (χ1) is 7.13. The summed E-state index contributed by atoms with van der Waals surface area (Å²) in [5, 5.41) is 0. The average Bonchev–Trinajstić information content (AvgIpc) is 2.15. The lowest BCUT2D eigenvalue weighted by Crippen LogP contribution is -2.33. The molecule has 2 unspecified atom stereocenters. The van der Waals surface area contributed by atoms with E-state index in [4.69, 9.17) is 5.73 Å². The molecule has 0 aromatic carbocycles. The quantitative estimate of drug-likeness (QED) is 0.701. The third-order valence-electron chi connectivity index (χ3n) is 3.87. The Morgan fingerprint density at radius 1 is 1.07 bits per heavy atom. The van der Waals surface area contributed by atoms with Crippen LogP contribution in [0.4, 0.5) is 0 Å². The standard InChI is InChI=1S/C14H27N/c1-11(2)12(3)14(15)13-9-7-5-4-6-8-10-13/h9,11-12,14H,4-8,10,15H2,1-3H3. The van der Waals surface area contributed by atoms with Gasteiger partial charge in [-0.1, -0.05) is 45.3 Å². The van der Waals surface area contributed by atoms with Crippen LogP contribution < -0.4 is 5.73 Å². The lowest BCUT2D eigenvalue weighted by Gasteiger charge is -2.27. The molecule has 0 aromatic heterocycles. The monoisotopic (exact) mass is 209 g/mol. The van der Waals surface area contributed by atoms with Crippen LogP contribution in [0, 0.1) is 11.8 Å². The van der Waals surface area contributed by atoms with Crippen LogP contribution in [0.3, 0.4) is 0 Å². The van der Waals surface area contributed by atoms with Gasteiger partial charge >= 0.3 is 0 Å². The first-order valence-corrected chi connectivity index (χ1v) is 6.57. The highest BCUT2D eigenvalue weighted by atomic mass is 14.7. The molecule has 1 rings (SSSR count). The Hall–Kier alpha value is -0.300. The van der Waals surface area contributed by atoms with Crippen molar-refractivity contribution < 1.29 is 0 Å². The molecule has 0 saturated carbocycles. The molecule has 0 aromatic rings. The van der Waals surface area contributed by atoms with Gasteiger partial charge in [0.25, 0.3) is 0 Å². The fraction of sp³-hybridized carbons (Fsp3) is 0.857. The van der Waals surface area contributed by atoms with Gasteiger partial charge in [0.05, 0.1) is 0 Å². The van der Waals surface area contributed by atoms with Crippen LogP contribution in [-0.4, -0.2) is 6.04 Å². The molecule has 0 saturated heterocycles. The normalized spacial score (nSPS) is 22.9. The molecule has 2 N–H and O–H groups in total. The Morgan fingerprint density at radius 3 is 2.40 bits per heavy atom. The number of nitrogens with two attached hydrogens (primary N) is 1. The van der Waals surface area contributed by atoms with Crippen molar-refractivity contribution in [1.82, 2.24) is 0 Å². The van der Waals surface area contributed by atoms with Gasteiger partial charge in [0.2, 0.25) is 0 Å². The van der Waals surface area contributed by atoms with Crippen molar-refractivity contribution in [3.8, 4) is 0 Å². The molecule has 1 heteroatoms. The Bertz CT molecular complexity index is 205. The first kappa shape index (κ1) is 12.8. The van der Waals surface area contributed by atoms with Crippen LogP contribution in [0.15, 0.2) is 11.6 Å². The molecular formula is C14H27N. The molecule has 0 amide bonds. The number of rotatable bonds is 3. The molecule has 2 atom stereocenters. The summed E-state index contributed by atoms with van der Waals surface area (Å²) < 4.78 is 0. The van der Waals surface area contributed by atoms with Crippen LogP contribution in [-0.2, 0) is 0 Å². The summed E-state index contributed by atoms with van der Waals surface area (Å²) in [4.78, 5) is 0. The lowest BCUT2D eigenvalue weighted by molar-refractivity contribution is 0.365. The molecule has 1 aliphatic carbocycles. The summed E-state index contributed by atoms with van der Waals surface area (Å²) in [5.74, 6) is 1.29. The van der Waals surface area contributed by atoms with Gasteiger partial charge < -0.3 is 5.73 Å². The topological polar surface area (TPSA) is 26.0 Å². The van der Waals surface area contributed by atoms with Crippen molar-refractivity contribution in [1.29, 1.82) is 0 Å². The lowest BCUT2D eigenvalue weighted by atomic mass is 9.83. The maximum absolute atomic E-state index is 6.35. The second-order valence-electron chi connectivity index (χ2n) is 5.36. The molecule has 0 radical (unpaired) electrons. The third-order valence-corrected chi connectivity index (χ3v) is 3.87. The number of allylic oxidation sites excluding steroid dienone is 1. The SMILES string of the molecule is CC(C)C(C)C(N)C1=CCCCCCC1. The van der Waals surface area contributed by atoms with Crippen molar-refractivity contribution in [2.45, 2.75) is 65.3 Å². The van der Waals surface area contributed by atoms with Crippen LogP contribution in [0.25, 0.3) is 0 Å². The Labute approximate surface area is 95.1 Å². The van der Waals surface area contributed by atoms with Crippen molar-refractivity contribution >= 4 is 0 Å². The molecule has 0 bridgehead atoms. The maximum atomic E-state index is 6.35. The van der Waals surface area contributed by atoms with E-state index in [9.17, 15) is 0 Å². The Balaban J connectivity index is 2.58. The Morgan fingerprint density at radius 2 is 1.73 bits per heavy atom. The average molecular weight is 209 g/mol. The predicted molar refractivity (Wildman–Crippen MR) is 67.8 cm³/mol. The minimum Gasteiger partial charge on any atom is -0.324 e. The summed E-state index contributed by atoms with van der Waals surface area (Å²) in [7, 11) is 0. The van der Waals surface area contributed by atoms with Crippen molar-refractivity contribution in [3.63, 3.8) is 0 Å². The van der Waals surface area contributed by atoms with E-state index in [1.54, 1.807) is 0 Å². The second-order valence-corrected chi connectivity index (χ2v) is 5.36. The molecule has 0 fully saturated rings. The zero-order valence-corrected chi connectivity index (χ0v) is 10.6. The molecule has 0 spiro atoms. The zero-order valence-electron chi connectivity index (χ0n) is 10.6. The van der Waals surface area contributed by atoms with Crippen LogP contribution >= 0.6 is 0 Å². The van der Waals surface area contributed by atoms with E-state index in [1.165, 1.54) is 44.1 Å². The third kappa shape index (κ3) is 3.98. The molecular weight excluding hydrogens is 182 g/mol. The molecule has 1 nitrogen and oxygen atoms in total. The smallest absolute Gasteiger partial charge is 0.0282 e. The highest BCUT2D eigenvalue weighted by molar-refractivity contribution is 5.12. The van der Waals surface area contributed by atoms with Crippen LogP contribution in [0.2, 0.25) is 0 Å². The van der Waals surface area contributed by atoms with Gasteiger partial charge in [0, 0.05) is 6.04 Å². The van der Waals surface area contributed by atoms with Crippen LogP contribution in [0.1, 0.15) is 59.3 Å². The molecule has 88 valence electrons. The zero-order chi connectivity index (χ0) is 11.3. The van der Waals surface area contributed by atoms with Crippen molar-refractivity contribution in [3.05, 3.63) is 11.6 Å². The van der Waals surface area contributed by atoms with Crippen molar-refractivity contribution in [2.75, 3.05) is 0 Å². The van der Waals surface area contributed by atoms with E-state index in [2.05, 4.69) is 26.8 Å². The fourth-order valence-electron chi connectivity index (χ4n) is 2.27.